The third-order valence-corrected chi connectivity index (χ3v) is 5.00. The molecule has 0 bridgehead atoms. The first kappa shape index (κ1) is 20.6. The first-order valence-electron chi connectivity index (χ1n) is 9.56. The second kappa shape index (κ2) is 8.91. The molecule has 0 atom stereocenters. The van der Waals surface area contributed by atoms with Gasteiger partial charge in [0.15, 0.2) is 0 Å². The van der Waals surface area contributed by atoms with Gasteiger partial charge in [0.1, 0.15) is 11.3 Å². The van der Waals surface area contributed by atoms with Gasteiger partial charge >= 0.3 is 5.69 Å². The second-order valence-electron chi connectivity index (χ2n) is 6.96. The van der Waals surface area contributed by atoms with E-state index in [1.54, 1.807) is 24.8 Å². The van der Waals surface area contributed by atoms with Crippen LogP contribution in [0, 0.1) is 0 Å². The lowest BCUT2D eigenvalue weighted by Crippen LogP contribution is -2.37. The van der Waals surface area contributed by atoms with Crippen LogP contribution in [0.5, 0.6) is 0 Å². The molecule has 2 aromatic heterocycles. The van der Waals surface area contributed by atoms with Crippen LogP contribution in [0.4, 0.5) is 0 Å². The van der Waals surface area contributed by atoms with Gasteiger partial charge in [0.2, 0.25) is 0 Å². The monoisotopic (exact) mass is 398 g/mol. The van der Waals surface area contributed by atoms with Crippen LogP contribution in [-0.4, -0.2) is 39.9 Å². The minimum Gasteiger partial charge on any atom is -0.385 e. The van der Waals surface area contributed by atoms with Crippen molar-refractivity contribution in [3.05, 3.63) is 68.5 Å². The number of amides is 1. The molecule has 1 aromatic carbocycles. The van der Waals surface area contributed by atoms with Gasteiger partial charge in [-0.15, -0.1) is 0 Å². The average molecular weight is 398 g/mol. The Hall–Kier alpha value is -3.13. The van der Waals surface area contributed by atoms with Crippen molar-refractivity contribution in [2.24, 2.45) is 14.1 Å². The molecule has 3 aromatic rings. The summed E-state index contributed by atoms with van der Waals surface area (Å²) in [5.74, 6) is -0.274. The van der Waals surface area contributed by atoms with Crippen LogP contribution in [0.15, 0.2) is 46.0 Å². The molecule has 8 heteroatoms. The Kier molecular flexibility index (Phi) is 6.33. The van der Waals surface area contributed by atoms with Crippen LogP contribution in [0.2, 0.25) is 0 Å². The highest BCUT2D eigenvalue weighted by atomic mass is 16.5. The van der Waals surface area contributed by atoms with Crippen molar-refractivity contribution in [1.29, 1.82) is 0 Å². The number of nitrogens with zero attached hydrogens (tertiary/aromatic N) is 3. The summed E-state index contributed by atoms with van der Waals surface area (Å²) in [7, 11) is 4.65. The van der Waals surface area contributed by atoms with Crippen LogP contribution in [0.25, 0.3) is 11.0 Å². The van der Waals surface area contributed by atoms with Crippen molar-refractivity contribution < 1.29 is 9.53 Å². The Morgan fingerprint density at radius 3 is 2.52 bits per heavy atom. The summed E-state index contributed by atoms with van der Waals surface area (Å²) < 4.78 is 9.31. The van der Waals surface area contributed by atoms with E-state index in [2.05, 4.69) is 5.32 Å². The number of rotatable bonds is 8. The number of methoxy groups -OCH3 is 1. The summed E-state index contributed by atoms with van der Waals surface area (Å²) in [4.78, 5) is 37.9. The Morgan fingerprint density at radius 1 is 1.10 bits per heavy atom. The zero-order chi connectivity index (χ0) is 21.0. The van der Waals surface area contributed by atoms with E-state index in [4.69, 9.17) is 4.74 Å². The van der Waals surface area contributed by atoms with Crippen LogP contribution < -0.4 is 16.6 Å². The number of aromatic nitrogens is 3. The molecule has 3 rings (SSSR count). The number of ether oxygens (including phenoxy) is 1. The molecule has 0 fully saturated rings. The molecule has 8 nitrogen and oxygen atoms in total. The van der Waals surface area contributed by atoms with Gasteiger partial charge < -0.3 is 14.6 Å². The van der Waals surface area contributed by atoms with Crippen molar-refractivity contribution >= 4 is 16.9 Å². The summed E-state index contributed by atoms with van der Waals surface area (Å²) in [6.45, 7) is 1.44. The summed E-state index contributed by atoms with van der Waals surface area (Å²) >= 11 is 0. The molecule has 0 aliphatic heterocycles. The van der Waals surface area contributed by atoms with Crippen molar-refractivity contribution in [3.8, 4) is 0 Å². The predicted molar refractivity (Wildman–Crippen MR) is 111 cm³/mol. The molecular formula is C21H26N4O4. The molecule has 2 heterocycles. The zero-order valence-electron chi connectivity index (χ0n) is 17.0. The minimum absolute atomic E-state index is 0.274. The van der Waals surface area contributed by atoms with Gasteiger partial charge in [-0.05, 0) is 24.5 Å². The Balaban J connectivity index is 1.94. The van der Waals surface area contributed by atoms with Crippen LogP contribution >= 0.6 is 0 Å². The van der Waals surface area contributed by atoms with Crippen molar-refractivity contribution in [2.75, 3.05) is 20.3 Å². The fourth-order valence-electron chi connectivity index (χ4n) is 3.48. The number of hydrogen-bond acceptors (Lipinski definition) is 4. The highest BCUT2D eigenvalue weighted by Crippen LogP contribution is 2.16. The van der Waals surface area contributed by atoms with Gasteiger partial charge in [0, 0.05) is 40.9 Å². The number of carbonyl (C=O) groups is 1. The molecule has 0 unspecified atom stereocenters. The molecule has 154 valence electrons. The summed E-state index contributed by atoms with van der Waals surface area (Å²) in [6, 6.07) is 11.5. The van der Waals surface area contributed by atoms with Gasteiger partial charge in [-0.2, -0.15) is 0 Å². The predicted octanol–water partition coefficient (Wildman–Crippen LogP) is 1.05. The highest BCUT2D eigenvalue weighted by molar-refractivity contribution is 5.97. The lowest BCUT2D eigenvalue weighted by atomic mass is 10.1. The summed E-state index contributed by atoms with van der Waals surface area (Å²) in [6.07, 6.45) is 1.35. The van der Waals surface area contributed by atoms with Gasteiger partial charge in [-0.3, -0.25) is 18.7 Å². The zero-order valence-corrected chi connectivity index (χ0v) is 17.0. The number of carbonyl (C=O) groups excluding carboxylic acids is 1. The molecular weight excluding hydrogens is 372 g/mol. The maximum atomic E-state index is 12.9. The molecule has 0 aliphatic rings. The summed E-state index contributed by atoms with van der Waals surface area (Å²) in [5, 5.41) is 3.27. The van der Waals surface area contributed by atoms with E-state index in [1.807, 2.05) is 30.3 Å². The quantitative estimate of drug-likeness (QED) is 0.575. The lowest BCUT2D eigenvalue weighted by Gasteiger charge is -2.13. The van der Waals surface area contributed by atoms with Crippen molar-refractivity contribution in [2.45, 2.75) is 19.4 Å². The number of aryl methyl sites for hydroxylation is 2. The molecule has 29 heavy (non-hydrogen) atoms. The Bertz CT molecular complexity index is 1130. The number of hydrogen-bond donors (Lipinski definition) is 1. The number of benzene rings is 1. The van der Waals surface area contributed by atoms with Crippen LogP contribution in [0.1, 0.15) is 22.5 Å². The maximum Gasteiger partial charge on any atom is 0.332 e. The standard InChI is InChI=1S/C21H26N4O4/c1-23-19-16(20(27)24(2)21(23)28)14-17(25(19)12-7-13-29-3)18(26)22-11-10-15-8-5-4-6-9-15/h4-6,8-9,14H,7,10-13H2,1-3H3,(H,22,26). The molecule has 0 aliphatic carbocycles. The molecule has 0 spiro atoms. The Labute approximate surface area is 168 Å². The first-order valence-corrected chi connectivity index (χ1v) is 9.56. The van der Waals surface area contributed by atoms with Crippen molar-refractivity contribution in [3.63, 3.8) is 0 Å². The van der Waals surface area contributed by atoms with Crippen LogP contribution in [-0.2, 0) is 31.8 Å². The summed E-state index contributed by atoms with van der Waals surface area (Å²) in [5.41, 5.74) is 1.10. The van der Waals surface area contributed by atoms with Crippen molar-refractivity contribution in [1.82, 2.24) is 19.0 Å². The van der Waals surface area contributed by atoms with Gasteiger partial charge in [-0.25, -0.2) is 4.79 Å². The molecule has 0 saturated carbocycles. The van der Waals surface area contributed by atoms with E-state index in [1.165, 1.54) is 11.6 Å². The van der Waals surface area contributed by atoms with E-state index in [0.717, 1.165) is 10.1 Å². The molecule has 1 N–H and O–H groups in total. The normalized spacial score (nSPS) is 11.1. The van der Waals surface area contributed by atoms with Gasteiger partial charge in [0.25, 0.3) is 11.5 Å². The topological polar surface area (TPSA) is 87.3 Å². The molecule has 1 amide bonds. The second-order valence-corrected chi connectivity index (χ2v) is 6.96. The van der Waals surface area contributed by atoms with E-state index in [9.17, 15) is 14.4 Å². The lowest BCUT2D eigenvalue weighted by molar-refractivity contribution is 0.0944. The fourth-order valence-corrected chi connectivity index (χ4v) is 3.48. The smallest absolute Gasteiger partial charge is 0.332 e. The molecule has 0 radical (unpaired) electrons. The molecule has 0 saturated heterocycles. The third-order valence-electron chi connectivity index (χ3n) is 5.00. The first-order chi connectivity index (χ1) is 14.0. The van der Waals surface area contributed by atoms with E-state index in [-0.39, 0.29) is 5.91 Å². The maximum absolute atomic E-state index is 12.9. The van der Waals surface area contributed by atoms with E-state index < -0.39 is 11.2 Å². The van der Waals surface area contributed by atoms with E-state index in [0.29, 0.717) is 49.3 Å². The number of nitrogens with one attached hydrogen (secondary N) is 1. The fraction of sp³-hybridized carbons (Fsp3) is 0.381. The number of fused-ring (bicyclic) bond motifs is 1. The minimum atomic E-state index is -0.426. The van der Waals surface area contributed by atoms with Gasteiger partial charge in [0.05, 0.1) is 5.39 Å². The van der Waals surface area contributed by atoms with E-state index >= 15 is 0 Å². The Morgan fingerprint density at radius 2 is 1.83 bits per heavy atom. The van der Waals surface area contributed by atoms with Gasteiger partial charge in [-0.1, -0.05) is 30.3 Å². The largest absolute Gasteiger partial charge is 0.385 e. The average Bonchev–Trinajstić information content (AvgIpc) is 3.11. The highest BCUT2D eigenvalue weighted by Gasteiger charge is 2.20. The SMILES string of the molecule is COCCCn1c(C(=O)NCCc2ccccc2)cc2c(=O)n(C)c(=O)n(C)c21. The third kappa shape index (κ3) is 4.17. The van der Waals surface area contributed by atoms with Crippen LogP contribution in [0.3, 0.4) is 0 Å².